The summed E-state index contributed by atoms with van der Waals surface area (Å²) in [5.74, 6) is -3.92. The van der Waals surface area contributed by atoms with Crippen LogP contribution in [0.2, 0.25) is 0 Å². The summed E-state index contributed by atoms with van der Waals surface area (Å²) in [5, 5.41) is 69.8. The molecule has 0 aromatic rings. The highest BCUT2D eigenvalue weighted by molar-refractivity contribution is 5.74. The van der Waals surface area contributed by atoms with Gasteiger partial charge in [0, 0.05) is 94.0 Å². The number of carbonyl (C=O) groups excluding carboxylic acids is 9. The summed E-state index contributed by atoms with van der Waals surface area (Å²) >= 11 is 0. The molecule has 108 heavy (non-hydrogen) atoms. The number of esters is 3. The Kier molecular flexibility index (Phi) is 43.2. The molecule has 33 nitrogen and oxygen atoms in total. The van der Waals surface area contributed by atoms with E-state index in [1.807, 2.05) is 62.3 Å². The molecule has 12 atom stereocenters. The molecule has 0 aromatic carbocycles. The molecule has 0 unspecified atom stereocenters. The third-order valence-electron chi connectivity index (χ3n) is 15.9. The number of rotatable bonds is 21. The summed E-state index contributed by atoms with van der Waals surface area (Å²) in [6.07, 6.45) is 9.60. The third-order valence-corrected chi connectivity index (χ3v) is 15.9. The van der Waals surface area contributed by atoms with Gasteiger partial charge in [0.15, 0.2) is 0 Å². The highest BCUT2D eigenvalue weighted by atomic mass is 16.6. The summed E-state index contributed by atoms with van der Waals surface area (Å²) in [5.41, 5.74) is -3.00. The molecule has 0 bridgehead atoms. The zero-order valence-corrected chi connectivity index (χ0v) is 67.3. The minimum absolute atomic E-state index is 0.0391. The van der Waals surface area contributed by atoms with Crippen LogP contribution in [0, 0.1) is 0 Å². The van der Waals surface area contributed by atoms with E-state index in [1.54, 1.807) is 62.3 Å². The van der Waals surface area contributed by atoms with Crippen LogP contribution in [0.3, 0.4) is 0 Å². The quantitative estimate of drug-likeness (QED) is 0.0375. The summed E-state index contributed by atoms with van der Waals surface area (Å²) < 4.78 is 46.7. The highest BCUT2D eigenvalue weighted by Gasteiger charge is 2.35. The normalized spacial score (nSPS) is 23.6. The van der Waals surface area contributed by atoms with Crippen LogP contribution in [0.4, 0.5) is 28.8 Å². The van der Waals surface area contributed by atoms with Crippen molar-refractivity contribution in [1.82, 2.24) is 31.9 Å². The van der Waals surface area contributed by atoms with Gasteiger partial charge in [0.25, 0.3) is 0 Å². The minimum Gasteiger partial charge on any atom is -0.481 e. The Morgan fingerprint density at radius 3 is 0.574 bits per heavy atom. The number of alkyl carbamates (subject to hydrolysis) is 6. The molecule has 33 heteroatoms. The Bertz CT molecular complexity index is 2520. The first-order valence-electron chi connectivity index (χ1n) is 37.8. The van der Waals surface area contributed by atoms with Crippen molar-refractivity contribution in [2.24, 2.45) is 0 Å². The molecule has 0 radical (unpaired) electrons. The second kappa shape index (κ2) is 47.4. The monoisotopic (exact) mass is 1550 g/mol. The molecular formula is C75H132N6O27. The molecule has 6 fully saturated rings. The molecular weight excluding hydrogens is 1420 g/mol. The van der Waals surface area contributed by atoms with E-state index in [1.165, 1.54) is 0 Å². The van der Waals surface area contributed by atoms with Gasteiger partial charge in [-0.15, -0.1) is 0 Å². The van der Waals surface area contributed by atoms with Crippen molar-refractivity contribution in [2.75, 3.05) is 0 Å². The number of amides is 6. The van der Waals surface area contributed by atoms with Crippen LogP contribution in [0.1, 0.15) is 298 Å². The molecule has 6 rings (SSSR count). The number of carbonyl (C=O) groups is 12. The standard InChI is InChI=1S/3C15H25NO6.3C10H19NO3/c3*1-15(2,3)22-14(20)16-10-7-8-11(9-10)21-13(19)6-4-5-12(17)18;3*1-10(2,3)14-9(13)11-7-4-5-8(12)6-7/h3*10-11H,4-9H2,1-3H3,(H,16,20)(H,17,18);3*7-8,12H,4-6H2,1-3H3,(H,11,13)/t3*10-,11+;3*7-,8+/m110100/s1. The molecule has 0 spiro atoms. The van der Waals surface area contributed by atoms with Crippen molar-refractivity contribution >= 4 is 72.4 Å². The lowest BCUT2D eigenvalue weighted by molar-refractivity contribution is -0.150. The second-order valence-corrected chi connectivity index (χ2v) is 34.0. The maximum absolute atomic E-state index is 11.7. The molecule has 0 aliphatic heterocycles. The van der Waals surface area contributed by atoms with Gasteiger partial charge in [0.2, 0.25) is 0 Å². The predicted octanol–water partition coefficient (Wildman–Crippen LogP) is 11.0. The van der Waals surface area contributed by atoms with Gasteiger partial charge in [-0.25, -0.2) is 28.8 Å². The van der Waals surface area contributed by atoms with Crippen molar-refractivity contribution < 1.29 is 131 Å². The Morgan fingerprint density at radius 1 is 0.259 bits per heavy atom. The maximum atomic E-state index is 11.7. The van der Waals surface area contributed by atoms with Crippen molar-refractivity contribution in [3.05, 3.63) is 0 Å². The number of aliphatic hydroxyl groups is 3. The largest absolute Gasteiger partial charge is 0.481 e. The smallest absolute Gasteiger partial charge is 0.407 e. The Hall–Kier alpha value is -7.68. The summed E-state index contributed by atoms with van der Waals surface area (Å²) in [6, 6.07) is 0.0181. The zero-order valence-electron chi connectivity index (χ0n) is 67.3. The van der Waals surface area contributed by atoms with Gasteiger partial charge in [0.05, 0.1) is 18.3 Å². The fraction of sp³-hybridized carbons (Fsp3) is 0.840. The Morgan fingerprint density at radius 2 is 0.426 bits per heavy atom. The van der Waals surface area contributed by atoms with Gasteiger partial charge in [-0.3, -0.25) is 28.8 Å². The fourth-order valence-corrected chi connectivity index (χ4v) is 11.5. The van der Waals surface area contributed by atoms with E-state index < -0.39 is 88.1 Å². The number of hydrogen-bond donors (Lipinski definition) is 12. The number of nitrogens with one attached hydrogen (secondary N) is 6. The lowest BCUT2D eigenvalue weighted by atomic mass is 10.2. The highest BCUT2D eigenvalue weighted by Crippen LogP contribution is 2.28. The van der Waals surface area contributed by atoms with Crippen LogP contribution in [0.25, 0.3) is 0 Å². The van der Waals surface area contributed by atoms with Crippen molar-refractivity contribution in [2.45, 2.75) is 404 Å². The number of hydrogen-bond acceptors (Lipinski definition) is 24. The second-order valence-electron chi connectivity index (χ2n) is 34.0. The summed E-state index contributed by atoms with van der Waals surface area (Å²) in [6.45, 7) is 32.6. The average Bonchev–Trinajstić information content (AvgIpc) is 1.81. The molecule has 6 saturated carbocycles. The number of aliphatic hydroxyl groups excluding tert-OH is 3. The first-order chi connectivity index (χ1) is 49.6. The fourth-order valence-electron chi connectivity index (χ4n) is 11.5. The van der Waals surface area contributed by atoms with Crippen LogP contribution in [0.5, 0.6) is 0 Å². The predicted molar refractivity (Wildman–Crippen MR) is 394 cm³/mol. The number of aliphatic carboxylic acids is 3. The van der Waals surface area contributed by atoms with E-state index in [2.05, 4.69) is 31.9 Å². The number of carboxylic acid groups (broad SMARTS) is 3. The molecule has 0 heterocycles. The topological polar surface area (TPSA) is 481 Å². The molecule has 6 aliphatic rings. The molecule has 12 N–H and O–H groups in total. The van der Waals surface area contributed by atoms with Crippen LogP contribution < -0.4 is 31.9 Å². The van der Waals surface area contributed by atoms with E-state index >= 15 is 0 Å². The molecule has 0 aromatic heterocycles. The maximum Gasteiger partial charge on any atom is 0.407 e. The van der Waals surface area contributed by atoms with E-state index in [-0.39, 0.29) is 149 Å². The van der Waals surface area contributed by atoms with Crippen LogP contribution in [-0.2, 0) is 71.4 Å². The summed E-state index contributed by atoms with van der Waals surface area (Å²) in [4.78, 5) is 135. The Balaban J connectivity index is 0.000000656. The molecule has 0 saturated heterocycles. The first kappa shape index (κ1) is 98.3. The zero-order chi connectivity index (χ0) is 82.6. The summed E-state index contributed by atoms with van der Waals surface area (Å²) in [7, 11) is 0. The van der Waals surface area contributed by atoms with Crippen LogP contribution in [0.15, 0.2) is 0 Å². The molecule has 624 valence electrons. The minimum atomic E-state index is -0.921. The number of carboxylic acids is 3. The van der Waals surface area contributed by atoms with Gasteiger partial charge in [-0.2, -0.15) is 0 Å². The molecule has 6 amide bonds. The van der Waals surface area contributed by atoms with Crippen LogP contribution in [-0.4, -0.2) is 209 Å². The van der Waals surface area contributed by atoms with Crippen molar-refractivity contribution in [3.63, 3.8) is 0 Å². The van der Waals surface area contributed by atoms with Crippen molar-refractivity contribution in [3.8, 4) is 0 Å². The lowest BCUT2D eigenvalue weighted by Gasteiger charge is -2.21. The van der Waals surface area contributed by atoms with E-state index in [0.717, 1.165) is 57.8 Å². The third kappa shape index (κ3) is 54.8. The SMILES string of the molecule is CC(C)(C)OC(=O)N[C@@H]1CC[C@H](O)C1.CC(C)(C)OC(=O)N[C@@H]1CC[C@H](OC(=O)CCCC(=O)O)C1.CC(C)(C)OC(=O)N[C@@H]1CC[C@H](OC(=O)CCCC(=O)O)C1.CC(C)(C)OC(=O)N[C@H]1CC[C@@H](O)C1.CC(C)(C)OC(=O)N[C@H]1CC[C@@H](O)C1.CC(C)(C)OC(=O)N[C@H]1CC[C@@H](OC(=O)CCCC(=O)O)C1. The van der Waals surface area contributed by atoms with Crippen molar-refractivity contribution in [1.29, 1.82) is 0 Å². The van der Waals surface area contributed by atoms with Crippen LogP contribution >= 0.6 is 0 Å². The lowest BCUT2D eigenvalue weighted by Crippen LogP contribution is -2.38. The van der Waals surface area contributed by atoms with Gasteiger partial charge < -0.3 is 105 Å². The average molecular weight is 1550 g/mol. The van der Waals surface area contributed by atoms with Gasteiger partial charge in [-0.05, 0) is 240 Å². The van der Waals surface area contributed by atoms with Gasteiger partial charge >= 0.3 is 72.4 Å². The van der Waals surface area contributed by atoms with Gasteiger partial charge in [-0.1, -0.05) is 0 Å². The van der Waals surface area contributed by atoms with E-state index in [0.29, 0.717) is 57.8 Å². The van der Waals surface area contributed by atoms with E-state index in [9.17, 15) is 72.9 Å². The number of ether oxygens (including phenoxy) is 9. The van der Waals surface area contributed by atoms with Gasteiger partial charge in [0.1, 0.15) is 51.9 Å². The Labute approximate surface area is 637 Å². The molecule has 6 aliphatic carbocycles. The van der Waals surface area contributed by atoms with E-state index in [4.69, 9.17) is 58.0 Å². The first-order valence-corrected chi connectivity index (χ1v) is 37.8.